The number of rotatable bonds is 0. The minimum absolute atomic E-state index is 0.109. The highest BCUT2D eigenvalue weighted by atomic mass is 16.1. The molecule has 1 aliphatic heterocycles. The Morgan fingerprint density at radius 1 is 1.55 bits per heavy atom. The van der Waals surface area contributed by atoms with Gasteiger partial charge in [-0.05, 0) is 12.3 Å². The van der Waals surface area contributed by atoms with Crippen LogP contribution in [0.3, 0.4) is 0 Å². The second-order valence-electron chi connectivity index (χ2n) is 2.51. The predicted molar refractivity (Wildman–Crippen MR) is 47.0 cm³/mol. The van der Waals surface area contributed by atoms with E-state index in [9.17, 15) is 4.79 Å². The number of nitrogens with one attached hydrogen (secondary N) is 1. The third-order valence-electron chi connectivity index (χ3n) is 1.70. The molecule has 64 valence electrons. The Hall–Kier alpha value is -0.790. The molecule has 1 aliphatic rings. The highest BCUT2D eigenvalue weighted by Gasteiger charge is 2.16. The van der Waals surface area contributed by atoms with Gasteiger partial charge < -0.3 is 5.32 Å². The van der Waals surface area contributed by atoms with E-state index < -0.39 is 0 Å². The summed E-state index contributed by atoms with van der Waals surface area (Å²) in [5.41, 5.74) is 0.867. The summed E-state index contributed by atoms with van der Waals surface area (Å²) < 4.78 is 0. The van der Waals surface area contributed by atoms with Crippen LogP contribution in [0.25, 0.3) is 0 Å². The average molecular weight is 155 g/mol. The molecule has 0 aromatic carbocycles. The van der Waals surface area contributed by atoms with Crippen molar-refractivity contribution in [3.8, 4) is 0 Å². The quantitative estimate of drug-likeness (QED) is 0.570. The number of hydrogen-bond donors (Lipinski definition) is 1. The molecule has 0 saturated carbocycles. The van der Waals surface area contributed by atoms with E-state index in [1.165, 1.54) is 0 Å². The fourth-order valence-corrected chi connectivity index (χ4v) is 0.887. The Labute approximate surface area is 68.7 Å². The van der Waals surface area contributed by atoms with Gasteiger partial charge in [-0.3, -0.25) is 4.79 Å². The van der Waals surface area contributed by atoms with Crippen molar-refractivity contribution in [2.24, 2.45) is 5.92 Å². The Bertz CT molecular complexity index is 152. The van der Waals surface area contributed by atoms with Gasteiger partial charge in [0.05, 0.1) is 0 Å². The van der Waals surface area contributed by atoms with Crippen molar-refractivity contribution in [2.75, 3.05) is 0 Å². The first-order valence-corrected chi connectivity index (χ1v) is 4.19. The van der Waals surface area contributed by atoms with Crippen LogP contribution in [0.4, 0.5) is 0 Å². The van der Waals surface area contributed by atoms with Crippen LogP contribution in [0, 0.1) is 5.92 Å². The number of carbonyl (C=O) groups excluding carboxylic acids is 1. The molecule has 2 nitrogen and oxygen atoms in total. The summed E-state index contributed by atoms with van der Waals surface area (Å²) >= 11 is 0. The van der Waals surface area contributed by atoms with Crippen LogP contribution in [-0.2, 0) is 4.79 Å². The molecule has 0 bridgehead atoms. The maximum Gasteiger partial charge on any atom is 0.224 e. The summed E-state index contributed by atoms with van der Waals surface area (Å²) in [5, 5.41) is 2.70. The fraction of sp³-hybridized carbons (Fsp3) is 0.667. The number of allylic oxidation sites excluding steroid dienone is 1. The lowest BCUT2D eigenvalue weighted by atomic mass is 9.98. The Kier molecular flexibility index (Phi) is 4.59. The summed E-state index contributed by atoms with van der Waals surface area (Å²) in [7, 11) is 0. The van der Waals surface area contributed by atoms with E-state index >= 15 is 0 Å². The second kappa shape index (κ2) is 4.94. The largest absolute Gasteiger partial charge is 0.330 e. The van der Waals surface area contributed by atoms with E-state index in [-0.39, 0.29) is 5.91 Å². The molecule has 0 aromatic rings. The first-order valence-electron chi connectivity index (χ1n) is 4.19. The Balaban J connectivity index is 0.000000461. The van der Waals surface area contributed by atoms with Crippen molar-refractivity contribution >= 4 is 5.91 Å². The first kappa shape index (κ1) is 10.2. The molecule has 1 N–H and O–H groups in total. The van der Waals surface area contributed by atoms with Gasteiger partial charge >= 0.3 is 0 Å². The highest BCUT2D eigenvalue weighted by Crippen LogP contribution is 2.16. The molecule has 1 amide bonds. The molecule has 1 fully saturated rings. The normalized spacial score (nSPS) is 23.4. The number of carbonyl (C=O) groups is 1. The monoisotopic (exact) mass is 155 g/mol. The lowest BCUT2D eigenvalue weighted by Crippen LogP contribution is -2.30. The van der Waals surface area contributed by atoms with E-state index in [1.807, 2.05) is 13.8 Å². The van der Waals surface area contributed by atoms with E-state index in [2.05, 4.69) is 18.8 Å². The zero-order valence-electron chi connectivity index (χ0n) is 7.61. The molecule has 1 saturated heterocycles. The first-order chi connectivity index (χ1) is 5.20. The van der Waals surface area contributed by atoms with Gasteiger partial charge in [0.1, 0.15) is 0 Å². The van der Waals surface area contributed by atoms with Gasteiger partial charge in [-0.2, -0.15) is 0 Å². The summed E-state index contributed by atoms with van der Waals surface area (Å²) in [6, 6.07) is 0. The van der Waals surface area contributed by atoms with Gasteiger partial charge in [-0.25, -0.2) is 0 Å². The minimum Gasteiger partial charge on any atom is -0.330 e. The zero-order valence-corrected chi connectivity index (χ0v) is 7.61. The third-order valence-corrected chi connectivity index (χ3v) is 1.70. The average Bonchev–Trinajstić information content (AvgIpc) is 2.02. The number of piperidine rings is 1. The zero-order chi connectivity index (χ0) is 8.85. The molecule has 1 heterocycles. The van der Waals surface area contributed by atoms with Crippen LogP contribution in [0.1, 0.15) is 33.6 Å². The topological polar surface area (TPSA) is 29.1 Å². The standard InChI is InChI=1S/C7H11NO.C2H6/c1-5-3-4-7(9)8-6(5)2;1-2/h5H,2-4H2,1H3,(H,8,9);1-2H3. The van der Waals surface area contributed by atoms with Crippen LogP contribution in [-0.4, -0.2) is 5.91 Å². The van der Waals surface area contributed by atoms with Gasteiger partial charge in [0.25, 0.3) is 0 Å². The van der Waals surface area contributed by atoms with Gasteiger partial charge in [0.15, 0.2) is 0 Å². The third kappa shape index (κ3) is 3.21. The van der Waals surface area contributed by atoms with Gasteiger partial charge in [-0.15, -0.1) is 0 Å². The summed E-state index contributed by atoms with van der Waals surface area (Å²) in [4.78, 5) is 10.6. The molecule has 0 radical (unpaired) electrons. The van der Waals surface area contributed by atoms with Crippen LogP contribution in [0.15, 0.2) is 12.3 Å². The van der Waals surface area contributed by atoms with Crippen molar-refractivity contribution in [1.82, 2.24) is 5.32 Å². The van der Waals surface area contributed by atoms with Crippen LogP contribution in [0.2, 0.25) is 0 Å². The number of amides is 1. The predicted octanol–water partition coefficient (Wildman–Crippen LogP) is 2.07. The maximum atomic E-state index is 10.6. The maximum absolute atomic E-state index is 10.6. The molecule has 0 aliphatic carbocycles. The fourth-order valence-electron chi connectivity index (χ4n) is 0.887. The molecule has 1 rings (SSSR count). The molecule has 0 spiro atoms. The summed E-state index contributed by atoms with van der Waals surface area (Å²) in [6.07, 6.45) is 1.60. The lowest BCUT2D eigenvalue weighted by molar-refractivity contribution is -0.121. The van der Waals surface area contributed by atoms with E-state index in [1.54, 1.807) is 0 Å². The lowest BCUT2D eigenvalue weighted by Gasteiger charge is -2.20. The summed E-state index contributed by atoms with van der Waals surface area (Å²) in [5.74, 6) is 0.570. The van der Waals surface area contributed by atoms with Crippen molar-refractivity contribution in [2.45, 2.75) is 33.6 Å². The molecule has 1 atom stereocenters. The van der Waals surface area contributed by atoms with Crippen molar-refractivity contribution in [3.63, 3.8) is 0 Å². The van der Waals surface area contributed by atoms with Crippen molar-refractivity contribution in [1.29, 1.82) is 0 Å². The molecule has 2 heteroatoms. The molecule has 0 aromatic heterocycles. The van der Waals surface area contributed by atoms with Gasteiger partial charge in [-0.1, -0.05) is 27.4 Å². The summed E-state index contributed by atoms with van der Waals surface area (Å²) in [6.45, 7) is 9.78. The van der Waals surface area contributed by atoms with Gasteiger partial charge in [0, 0.05) is 12.1 Å². The van der Waals surface area contributed by atoms with Crippen molar-refractivity contribution < 1.29 is 4.79 Å². The molecular formula is C9H17NO. The molecular weight excluding hydrogens is 138 g/mol. The smallest absolute Gasteiger partial charge is 0.224 e. The van der Waals surface area contributed by atoms with Crippen LogP contribution in [0.5, 0.6) is 0 Å². The second-order valence-corrected chi connectivity index (χ2v) is 2.51. The van der Waals surface area contributed by atoms with Crippen LogP contribution < -0.4 is 5.32 Å². The molecule has 1 unspecified atom stereocenters. The molecule has 11 heavy (non-hydrogen) atoms. The number of hydrogen-bond acceptors (Lipinski definition) is 1. The minimum atomic E-state index is 0.109. The van der Waals surface area contributed by atoms with Crippen molar-refractivity contribution in [3.05, 3.63) is 12.3 Å². The Morgan fingerprint density at radius 3 is 2.45 bits per heavy atom. The SMILES string of the molecule is C=C1NC(=O)CCC1C.CC. The van der Waals surface area contributed by atoms with Gasteiger partial charge in [0.2, 0.25) is 5.91 Å². The van der Waals surface area contributed by atoms with Crippen LogP contribution >= 0.6 is 0 Å². The Morgan fingerprint density at radius 2 is 2.09 bits per heavy atom. The highest BCUT2D eigenvalue weighted by molar-refractivity contribution is 5.78. The van der Waals surface area contributed by atoms with E-state index in [0.29, 0.717) is 12.3 Å². The van der Waals surface area contributed by atoms with E-state index in [4.69, 9.17) is 0 Å². The van der Waals surface area contributed by atoms with E-state index in [0.717, 1.165) is 12.1 Å².